The summed E-state index contributed by atoms with van der Waals surface area (Å²) in [6.45, 7) is 4.34. The third-order valence-corrected chi connectivity index (χ3v) is 2.05. The molecule has 2 heterocycles. The predicted molar refractivity (Wildman–Crippen MR) is 49.2 cm³/mol. The molecule has 2 nitrogen and oxygen atoms in total. The molecule has 0 aliphatic carbocycles. The molecule has 12 heavy (non-hydrogen) atoms. The first-order chi connectivity index (χ1) is 5.77. The highest BCUT2D eigenvalue weighted by Crippen LogP contribution is 2.19. The van der Waals surface area contributed by atoms with Crippen LogP contribution in [0, 0.1) is 0 Å². The van der Waals surface area contributed by atoms with Crippen molar-refractivity contribution in [1.82, 2.24) is 9.55 Å². The minimum Gasteiger partial charge on any atom is -0.351 e. The Bertz CT molecular complexity index is 349. The topological polar surface area (TPSA) is 17.8 Å². The van der Waals surface area contributed by atoms with Gasteiger partial charge in [-0.2, -0.15) is 0 Å². The Kier molecular flexibility index (Phi) is 1.61. The number of pyridine rings is 1. The van der Waals surface area contributed by atoms with Crippen LogP contribution < -0.4 is 0 Å². The lowest BCUT2D eigenvalue weighted by Gasteiger charge is -2.11. The van der Waals surface area contributed by atoms with Gasteiger partial charge in [0.15, 0.2) is 0 Å². The van der Waals surface area contributed by atoms with Crippen molar-refractivity contribution >= 4 is 0 Å². The van der Waals surface area contributed by atoms with Gasteiger partial charge >= 0.3 is 0 Å². The third kappa shape index (κ3) is 1.09. The Morgan fingerprint density at radius 2 is 2.17 bits per heavy atom. The fraction of sp³-hybridized carbons (Fsp3) is 0.300. The van der Waals surface area contributed by atoms with Crippen molar-refractivity contribution in [3.05, 3.63) is 30.7 Å². The molecule has 0 saturated heterocycles. The van der Waals surface area contributed by atoms with Crippen LogP contribution in [0.15, 0.2) is 30.7 Å². The van der Waals surface area contributed by atoms with Crippen LogP contribution in [0.25, 0.3) is 11.3 Å². The van der Waals surface area contributed by atoms with Crippen LogP contribution in [0.3, 0.4) is 0 Å². The molecule has 62 valence electrons. The largest absolute Gasteiger partial charge is 0.351 e. The summed E-state index contributed by atoms with van der Waals surface area (Å²) in [4.78, 5) is 4.21. The maximum atomic E-state index is 4.21. The highest BCUT2D eigenvalue weighted by molar-refractivity contribution is 5.59. The summed E-state index contributed by atoms with van der Waals surface area (Å²) in [7, 11) is 0. The Balaban J connectivity index is 2.54. The molecule has 2 rings (SSSR count). The molecule has 2 aliphatic heterocycles. The Morgan fingerprint density at radius 3 is 2.92 bits per heavy atom. The summed E-state index contributed by atoms with van der Waals surface area (Å²) in [6.07, 6.45) is 6.04. The van der Waals surface area contributed by atoms with Crippen molar-refractivity contribution in [2.45, 2.75) is 19.9 Å². The maximum absolute atomic E-state index is 4.21. The van der Waals surface area contributed by atoms with Crippen molar-refractivity contribution in [3.63, 3.8) is 0 Å². The van der Waals surface area contributed by atoms with Crippen molar-refractivity contribution in [2.24, 2.45) is 0 Å². The van der Waals surface area contributed by atoms with Crippen LogP contribution in [-0.2, 0) is 0 Å². The zero-order chi connectivity index (χ0) is 8.55. The first kappa shape index (κ1) is 7.35. The van der Waals surface area contributed by atoms with Gasteiger partial charge in [0.25, 0.3) is 0 Å². The van der Waals surface area contributed by atoms with Crippen molar-refractivity contribution in [2.75, 3.05) is 0 Å². The average molecular weight is 160 g/mol. The molecule has 0 unspecified atom stereocenters. The first-order valence-corrected chi connectivity index (χ1v) is 4.19. The summed E-state index contributed by atoms with van der Waals surface area (Å²) in [5.41, 5.74) is 2.29. The van der Waals surface area contributed by atoms with E-state index >= 15 is 0 Å². The van der Waals surface area contributed by atoms with E-state index in [1.165, 1.54) is 5.56 Å². The van der Waals surface area contributed by atoms with Crippen LogP contribution in [0.1, 0.15) is 19.9 Å². The molecule has 0 saturated carbocycles. The molecule has 0 aromatic carbocycles. The van der Waals surface area contributed by atoms with Gasteiger partial charge in [0, 0.05) is 30.2 Å². The molecular weight excluding hydrogens is 148 g/mol. The van der Waals surface area contributed by atoms with E-state index in [9.17, 15) is 0 Å². The lowest BCUT2D eigenvalue weighted by Crippen LogP contribution is -2.00. The number of nitrogens with zero attached hydrogens (tertiary/aromatic N) is 2. The van der Waals surface area contributed by atoms with Gasteiger partial charge in [-0.25, -0.2) is 0 Å². The number of hydrogen-bond donors (Lipinski definition) is 0. The van der Waals surface area contributed by atoms with Gasteiger partial charge in [-0.1, -0.05) is 0 Å². The SMILES string of the molecule is CC(C)n1ccc2nccc-2c1. The van der Waals surface area contributed by atoms with Gasteiger partial charge in [0.1, 0.15) is 0 Å². The van der Waals surface area contributed by atoms with Gasteiger partial charge in [-0.05, 0) is 26.0 Å². The fourth-order valence-electron chi connectivity index (χ4n) is 1.29. The Labute approximate surface area is 72.2 Å². The number of fused-ring (bicyclic) bond motifs is 1. The number of aromatic nitrogens is 2. The lowest BCUT2D eigenvalue weighted by atomic mass is 10.2. The van der Waals surface area contributed by atoms with Crippen molar-refractivity contribution in [1.29, 1.82) is 0 Å². The van der Waals surface area contributed by atoms with E-state index in [4.69, 9.17) is 0 Å². The zero-order valence-electron chi connectivity index (χ0n) is 7.36. The molecule has 0 radical (unpaired) electrons. The highest BCUT2D eigenvalue weighted by atomic mass is 15.0. The molecule has 0 spiro atoms. The summed E-state index contributed by atoms with van der Waals surface area (Å²) in [5.74, 6) is 0. The monoisotopic (exact) mass is 160 g/mol. The Morgan fingerprint density at radius 1 is 1.33 bits per heavy atom. The standard InChI is InChI=1S/C10H12N2/c1-8(2)12-6-4-10-9(7-12)3-5-11-10/h3-8H,1-2H3. The second kappa shape index (κ2) is 2.63. The van der Waals surface area contributed by atoms with E-state index in [1.807, 2.05) is 12.3 Å². The van der Waals surface area contributed by atoms with E-state index in [1.54, 1.807) is 0 Å². The quantitative estimate of drug-likeness (QED) is 0.627. The Hall–Kier alpha value is -1.31. The maximum Gasteiger partial charge on any atom is 0.0731 e. The first-order valence-electron chi connectivity index (χ1n) is 4.19. The highest BCUT2D eigenvalue weighted by Gasteiger charge is 2.03. The van der Waals surface area contributed by atoms with Gasteiger partial charge < -0.3 is 4.57 Å². The summed E-state index contributed by atoms with van der Waals surface area (Å²) < 4.78 is 2.18. The van der Waals surface area contributed by atoms with Gasteiger partial charge in [0.05, 0.1) is 5.69 Å². The molecule has 0 aromatic heterocycles. The van der Waals surface area contributed by atoms with E-state index in [2.05, 4.69) is 41.9 Å². The van der Waals surface area contributed by atoms with E-state index < -0.39 is 0 Å². The van der Waals surface area contributed by atoms with Crippen molar-refractivity contribution < 1.29 is 0 Å². The van der Waals surface area contributed by atoms with Crippen LogP contribution in [0.2, 0.25) is 0 Å². The van der Waals surface area contributed by atoms with E-state index in [-0.39, 0.29) is 0 Å². The lowest BCUT2D eigenvalue weighted by molar-refractivity contribution is 0.597. The number of rotatable bonds is 1. The molecule has 0 bridgehead atoms. The smallest absolute Gasteiger partial charge is 0.0731 e. The summed E-state index contributed by atoms with van der Waals surface area (Å²) >= 11 is 0. The third-order valence-electron chi connectivity index (χ3n) is 2.05. The summed E-state index contributed by atoms with van der Waals surface area (Å²) in [5, 5.41) is 0. The normalized spacial score (nSPS) is 11.2. The molecule has 2 aliphatic rings. The fourth-order valence-corrected chi connectivity index (χ4v) is 1.29. The second-order valence-corrected chi connectivity index (χ2v) is 3.27. The van der Waals surface area contributed by atoms with Crippen LogP contribution in [-0.4, -0.2) is 9.55 Å². The average Bonchev–Trinajstić information content (AvgIpc) is 2.49. The molecule has 0 atom stereocenters. The number of hydrogen-bond acceptors (Lipinski definition) is 1. The van der Waals surface area contributed by atoms with E-state index in [0.717, 1.165) is 5.69 Å². The minimum absolute atomic E-state index is 0.518. The molecule has 0 N–H and O–H groups in total. The second-order valence-electron chi connectivity index (χ2n) is 3.27. The molecule has 0 amide bonds. The van der Waals surface area contributed by atoms with Crippen LogP contribution >= 0.6 is 0 Å². The van der Waals surface area contributed by atoms with Gasteiger partial charge in [-0.15, -0.1) is 0 Å². The molecule has 0 aromatic rings. The van der Waals surface area contributed by atoms with Crippen molar-refractivity contribution in [3.8, 4) is 11.3 Å². The van der Waals surface area contributed by atoms with Crippen LogP contribution in [0.4, 0.5) is 0 Å². The molecular formula is C10H12N2. The molecule has 0 fully saturated rings. The van der Waals surface area contributed by atoms with Gasteiger partial charge in [-0.3, -0.25) is 4.98 Å². The predicted octanol–water partition coefficient (Wildman–Crippen LogP) is 2.57. The van der Waals surface area contributed by atoms with Gasteiger partial charge in [0.2, 0.25) is 0 Å². The van der Waals surface area contributed by atoms with Crippen LogP contribution in [0.5, 0.6) is 0 Å². The zero-order valence-corrected chi connectivity index (χ0v) is 7.36. The molecule has 2 heteroatoms. The summed E-state index contributed by atoms with van der Waals surface area (Å²) in [6, 6.07) is 4.60. The van der Waals surface area contributed by atoms with E-state index in [0.29, 0.717) is 6.04 Å². The minimum atomic E-state index is 0.518.